The van der Waals surface area contributed by atoms with Crippen molar-refractivity contribution in [2.24, 2.45) is 35.5 Å². The van der Waals surface area contributed by atoms with Gasteiger partial charge in [0.15, 0.2) is 17.0 Å². The van der Waals surface area contributed by atoms with E-state index in [1.807, 2.05) is 81.1 Å². The van der Waals surface area contributed by atoms with Gasteiger partial charge in [0.1, 0.15) is 59.3 Å². The maximum atomic E-state index is 14.8. The number of nitrogens with two attached hydrogens (primary N) is 2. The smallest absolute Gasteiger partial charge is 0.329 e. The number of amides is 2. The van der Waals surface area contributed by atoms with Crippen molar-refractivity contribution in [3.05, 3.63) is 84.0 Å². The highest BCUT2D eigenvalue weighted by atomic mass is 16.6. The van der Waals surface area contributed by atoms with Crippen LogP contribution in [0.5, 0.6) is 0 Å². The molecule has 2 saturated heterocycles. The molecule has 3 aliphatic heterocycles. The Morgan fingerprint density at radius 3 is 2.29 bits per heavy atom. The molecule has 0 radical (unpaired) electrons. The van der Waals surface area contributed by atoms with Gasteiger partial charge in [0.05, 0.1) is 81.7 Å². The number of unbranched alkanes of at least 4 members (excludes halogenated alkanes) is 4. The number of aliphatic hydroxyl groups is 2. The van der Waals surface area contributed by atoms with Crippen molar-refractivity contribution in [1.82, 2.24) is 49.9 Å². The van der Waals surface area contributed by atoms with E-state index in [0.717, 1.165) is 68.2 Å². The number of allylic oxidation sites excluding steroid dienone is 6. The zero-order chi connectivity index (χ0) is 85.5. The molecule has 1 saturated carbocycles. The number of aliphatic hydroxyl groups excluding tert-OH is 1. The number of oxazole rings is 1. The number of methoxy groups -OCH3 is 3. The van der Waals surface area contributed by atoms with Crippen LogP contribution in [0.25, 0.3) is 33.4 Å². The number of Topliss-reactive ketones (excluding diaryl/α,β-unsaturated/α-hetero) is 4. The highest BCUT2D eigenvalue weighted by Gasteiger charge is 2.53. The van der Waals surface area contributed by atoms with E-state index >= 15 is 0 Å². The largest absolute Gasteiger partial charge is 0.460 e. The number of esters is 1. The molecule has 5 aromatic rings. The first-order valence-corrected chi connectivity index (χ1v) is 42.9. The summed E-state index contributed by atoms with van der Waals surface area (Å²) in [4.78, 5) is 111. The summed E-state index contributed by atoms with van der Waals surface area (Å²) in [5.74, 6) is -7.76. The quantitative estimate of drug-likeness (QED) is 0.0108. The van der Waals surface area contributed by atoms with E-state index in [1.165, 1.54) is 18.3 Å². The fraction of sp³-hybridized carbons (Fsp3) is 0.670. The molecule has 656 valence electrons. The van der Waals surface area contributed by atoms with Gasteiger partial charge in [-0.25, -0.2) is 24.1 Å². The molecule has 1 aromatic carbocycles. The number of carbonyl (C=O) groups excluding carboxylic acids is 7. The molecule has 119 heavy (non-hydrogen) atoms. The number of ketones is 4. The van der Waals surface area contributed by atoms with Crippen LogP contribution in [0.2, 0.25) is 0 Å². The van der Waals surface area contributed by atoms with E-state index in [2.05, 4.69) is 30.6 Å². The summed E-state index contributed by atoms with van der Waals surface area (Å²) in [6.07, 6.45) is 22.4. The van der Waals surface area contributed by atoms with Gasteiger partial charge in [0.2, 0.25) is 11.7 Å². The number of carbonyl (C=O) groups is 7. The molecule has 1 aliphatic carbocycles. The lowest BCUT2D eigenvalue weighted by Gasteiger charge is -2.42. The Labute approximate surface area is 699 Å². The zero-order valence-corrected chi connectivity index (χ0v) is 71.5. The Bertz CT molecular complexity index is 4230. The highest BCUT2D eigenvalue weighted by Crippen LogP contribution is 2.40. The summed E-state index contributed by atoms with van der Waals surface area (Å²) < 4.78 is 62.9. The Hall–Kier alpha value is -8.37. The summed E-state index contributed by atoms with van der Waals surface area (Å²) >= 11 is 0. The molecule has 3 fully saturated rings. The zero-order valence-electron chi connectivity index (χ0n) is 71.5. The number of hydrogen-bond acceptors (Lipinski definition) is 27. The number of anilines is 2. The lowest BCUT2D eigenvalue weighted by Crippen LogP contribution is -2.61. The van der Waals surface area contributed by atoms with Gasteiger partial charge in [-0.2, -0.15) is 10.1 Å². The SMILES string of the molecule is CO[C@H]1C[C@@H]2CC[C@@H](C)[C@@](O)(O2)C(=O)C(=O)N2CCCC[C@H]2C(=O)O[C@H]([C@H](C)C[C@@H]2CC[C@@H](OCCCCc3cn(CCOCCOCCOCCNC(=O)CCCCC(=O)CCCCCn4nc(-c5ccc6oc(N)nc6c5)c5c(N)ncnc54)nn3)[C@H](OC)C2)CC(=O)[C@H](C)/C=C(\C)[C@@H](O)[C@@H](OC)C(=O)[C@H](C)C[C@H](C)/C=C/C=C/C=C/1C. The minimum Gasteiger partial charge on any atom is -0.460 e. The van der Waals surface area contributed by atoms with Crippen molar-refractivity contribution in [2.75, 3.05) is 92.1 Å². The van der Waals surface area contributed by atoms with Crippen molar-refractivity contribution in [1.29, 1.82) is 0 Å². The summed E-state index contributed by atoms with van der Waals surface area (Å²) in [5.41, 5.74) is 17.4. The molecule has 31 heteroatoms. The van der Waals surface area contributed by atoms with Crippen LogP contribution in [0.15, 0.2) is 82.7 Å². The first-order chi connectivity index (χ1) is 57.3. The standard InChI is InChI=1S/C88H130N12O19/c1-56-23-13-11-14-24-57(2)73(110-8)52-67-33-30-62(7)88(109,119-67)82(106)85(107)99-37-21-18-28-69(99)86(108)117-74(53-70(102)58(3)48-61(6)80(105)81(112-10)79(104)60(5)47-56)59(4)49-63-31-34-72(75(50-63)111-9)116-40-22-19-25-65-54-98(97-95-65)39-42-114-44-46-115-45-43-113-41-36-91-76(103)29-17-16-27-66(101)26-15-12-20-38-100-84-77(83(89)92-55-93-84)78(96-100)64-32-35-71-68(51-64)94-87(90)118-71/h11,13-14,23-24,32,35,48,51,54-56,58-60,62-63,67,69,72-75,80-81,105,109H,12,15-22,25-31,33-34,36-47,49-50,52-53H2,1-10H3,(H2,90,94)(H,91,103)(H2,89,92,93)/b14-11+,23-13+,57-24+,61-48+/t56-,58-,59-,60-,62-,63+,67+,69+,72-,73+,74+,75-,80-,81+,88-/m1/s1. The first-order valence-electron chi connectivity index (χ1n) is 42.9. The third-order valence-electron chi connectivity index (χ3n) is 23.6. The second kappa shape index (κ2) is 47.7. The number of nitrogens with zero attached hydrogens (tertiary/aromatic N) is 9. The minimum atomic E-state index is -2.46. The van der Waals surface area contributed by atoms with Crippen molar-refractivity contribution in [2.45, 2.75) is 264 Å². The average molecular weight is 1660 g/mol. The van der Waals surface area contributed by atoms with Gasteiger partial charge in [0.25, 0.3) is 17.7 Å². The summed E-state index contributed by atoms with van der Waals surface area (Å²) in [5, 5.41) is 40.8. The van der Waals surface area contributed by atoms with E-state index in [0.29, 0.717) is 189 Å². The van der Waals surface area contributed by atoms with E-state index < -0.39 is 77.8 Å². The van der Waals surface area contributed by atoms with Crippen LogP contribution in [0, 0.1) is 35.5 Å². The van der Waals surface area contributed by atoms with Crippen LogP contribution in [0.1, 0.15) is 195 Å². The molecule has 9 rings (SSSR count). The summed E-state index contributed by atoms with van der Waals surface area (Å²) in [7, 11) is 4.64. The molecule has 0 spiro atoms. The number of aromatic nitrogens is 8. The van der Waals surface area contributed by atoms with Crippen molar-refractivity contribution >= 4 is 74.9 Å². The highest BCUT2D eigenvalue weighted by molar-refractivity contribution is 6.39. The third-order valence-corrected chi connectivity index (χ3v) is 23.6. The summed E-state index contributed by atoms with van der Waals surface area (Å²) in [6.45, 7) is 17.2. The molecule has 2 bridgehead atoms. The lowest BCUT2D eigenvalue weighted by molar-refractivity contribution is -0.265. The molecule has 15 atom stereocenters. The van der Waals surface area contributed by atoms with Gasteiger partial charge in [-0.3, -0.25) is 28.8 Å². The number of hydrogen-bond donors (Lipinski definition) is 5. The van der Waals surface area contributed by atoms with Crippen LogP contribution in [0.4, 0.5) is 11.8 Å². The van der Waals surface area contributed by atoms with E-state index in [-0.39, 0.29) is 78.6 Å². The van der Waals surface area contributed by atoms with Gasteiger partial charge in [-0.05, 0) is 170 Å². The van der Waals surface area contributed by atoms with Crippen molar-refractivity contribution in [3.63, 3.8) is 0 Å². The number of piperidine rings is 1. The Balaban J connectivity index is 0.642. The Morgan fingerprint density at radius 2 is 1.53 bits per heavy atom. The predicted octanol–water partition coefficient (Wildman–Crippen LogP) is 10.5. The number of aryl methyl sites for hydroxylation is 2. The van der Waals surface area contributed by atoms with Crippen LogP contribution in [-0.2, 0) is 95.7 Å². The van der Waals surface area contributed by atoms with Crippen molar-refractivity contribution in [3.8, 4) is 11.3 Å². The number of fused-ring (bicyclic) bond motifs is 5. The fourth-order valence-electron chi connectivity index (χ4n) is 16.5. The third kappa shape index (κ3) is 27.8. The second-order valence-electron chi connectivity index (χ2n) is 32.9. The van der Waals surface area contributed by atoms with E-state index in [4.69, 9.17) is 63.6 Å². The van der Waals surface area contributed by atoms with E-state index in [1.54, 1.807) is 51.8 Å². The molecule has 7 N–H and O–H groups in total. The molecular formula is C88H130N12O19. The van der Waals surface area contributed by atoms with Crippen LogP contribution < -0.4 is 16.8 Å². The number of nitrogen functional groups attached to an aromatic ring is 2. The number of cyclic esters (lactones) is 1. The second-order valence-corrected chi connectivity index (χ2v) is 32.9. The molecule has 2 amide bonds. The Kier molecular flexibility index (Phi) is 37.9. The number of benzene rings is 1. The maximum Gasteiger partial charge on any atom is 0.329 e. The molecule has 4 aliphatic rings. The Morgan fingerprint density at radius 1 is 0.773 bits per heavy atom. The lowest BCUT2D eigenvalue weighted by atomic mass is 9.78. The van der Waals surface area contributed by atoms with Crippen LogP contribution in [0.3, 0.4) is 0 Å². The average Bonchev–Trinajstić information content (AvgIpc) is 1.73. The fourth-order valence-corrected chi connectivity index (χ4v) is 16.5. The van der Waals surface area contributed by atoms with Gasteiger partial charge < -0.3 is 78.9 Å². The molecular weight excluding hydrogens is 1530 g/mol. The van der Waals surface area contributed by atoms with E-state index in [9.17, 15) is 43.8 Å². The van der Waals surface area contributed by atoms with Gasteiger partial charge in [-0.1, -0.05) is 82.7 Å². The van der Waals surface area contributed by atoms with Gasteiger partial charge in [-0.15, -0.1) is 5.10 Å². The molecule has 7 heterocycles. The van der Waals surface area contributed by atoms with Crippen LogP contribution >= 0.6 is 0 Å². The molecule has 0 unspecified atom stereocenters. The first kappa shape index (κ1) is 94.5. The predicted molar refractivity (Wildman–Crippen MR) is 446 cm³/mol. The molecule has 4 aromatic heterocycles. The normalized spacial score (nSPS) is 27.5. The minimum absolute atomic E-state index is 0.00594. The number of ether oxygens (including phenoxy) is 9. The topological polar surface area (TPSA) is 411 Å². The van der Waals surface area contributed by atoms with Crippen LogP contribution in [-0.4, -0.2) is 231 Å². The maximum absolute atomic E-state index is 14.8. The molecule has 31 nitrogen and oxygen atoms in total. The van der Waals surface area contributed by atoms with Crippen molar-refractivity contribution < 1.29 is 90.8 Å². The van der Waals surface area contributed by atoms with Gasteiger partial charge >= 0.3 is 5.97 Å². The monoisotopic (exact) mass is 1660 g/mol. The summed E-state index contributed by atoms with van der Waals surface area (Å²) in [6, 6.07) is 4.41. The number of rotatable bonds is 36. The number of nitrogens with one attached hydrogen (secondary N) is 1. The van der Waals surface area contributed by atoms with Gasteiger partial charge in [0, 0.05) is 109 Å².